The molecule has 6 nitrogen and oxygen atoms in total. The van der Waals surface area contributed by atoms with Crippen molar-refractivity contribution in [3.63, 3.8) is 0 Å². The third kappa shape index (κ3) is 5.76. The largest absolute Gasteiger partial charge is 0.748 e. The van der Waals surface area contributed by atoms with Crippen molar-refractivity contribution >= 4 is 16.0 Å². The summed E-state index contributed by atoms with van der Waals surface area (Å²) in [5.74, 6) is -0.323. The lowest BCUT2D eigenvalue weighted by molar-refractivity contribution is -0.892. The number of nitrogens with zero attached hydrogens (tertiary/aromatic N) is 1. The Balaban J connectivity index is 2.52. The number of rotatable bonds is 7. The zero-order valence-corrected chi connectivity index (χ0v) is 13.4. The lowest BCUT2D eigenvalue weighted by Gasteiger charge is -2.29. The normalized spacial score (nSPS) is 30.4. The molecule has 20 heavy (non-hydrogen) atoms. The first-order valence-electron chi connectivity index (χ1n) is 7.19. The van der Waals surface area contributed by atoms with Crippen molar-refractivity contribution in [1.82, 2.24) is 5.32 Å². The van der Waals surface area contributed by atoms with Gasteiger partial charge in [0.25, 0.3) is 5.91 Å². The number of hydrogen-bond donors (Lipinski definition) is 1. The summed E-state index contributed by atoms with van der Waals surface area (Å²) >= 11 is 0. The molecule has 0 radical (unpaired) electrons. The minimum atomic E-state index is -4.20. The molecule has 1 N–H and O–H groups in total. The molecule has 1 fully saturated rings. The van der Waals surface area contributed by atoms with Gasteiger partial charge in [0.2, 0.25) is 0 Å². The summed E-state index contributed by atoms with van der Waals surface area (Å²) in [6.07, 6.45) is 2.00. The van der Waals surface area contributed by atoms with Gasteiger partial charge in [-0.05, 0) is 6.42 Å². The Hall–Kier alpha value is -0.660. The van der Waals surface area contributed by atoms with Gasteiger partial charge in [-0.15, -0.1) is 0 Å². The molecule has 1 saturated heterocycles. The van der Waals surface area contributed by atoms with E-state index in [2.05, 4.69) is 12.2 Å². The SMILES string of the molecule is CCCCNC(=O)C[N+]1(C)CC(C)C(CS(=O)(=O)[O-])C1. The minimum absolute atomic E-state index is 0.00113. The number of carbonyl (C=O) groups is 1. The van der Waals surface area contributed by atoms with Crippen LogP contribution in [0.1, 0.15) is 26.7 Å². The molecule has 0 bridgehead atoms. The molecule has 1 aliphatic heterocycles. The molecule has 0 aromatic rings. The molecule has 3 atom stereocenters. The highest BCUT2D eigenvalue weighted by atomic mass is 32.2. The molecule has 3 unspecified atom stereocenters. The van der Waals surface area contributed by atoms with Crippen molar-refractivity contribution in [3.05, 3.63) is 0 Å². The fourth-order valence-corrected chi connectivity index (χ4v) is 4.04. The van der Waals surface area contributed by atoms with Crippen molar-refractivity contribution in [2.75, 3.05) is 39.0 Å². The fourth-order valence-electron chi connectivity index (χ4n) is 3.08. The highest BCUT2D eigenvalue weighted by Crippen LogP contribution is 2.28. The Bertz CT molecular complexity index is 438. The van der Waals surface area contributed by atoms with E-state index in [4.69, 9.17) is 0 Å². The lowest BCUT2D eigenvalue weighted by atomic mass is 10.0. The molecule has 0 aromatic heterocycles. The van der Waals surface area contributed by atoms with E-state index in [9.17, 15) is 17.8 Å². The Labute approximate surface area is 121 Å². The maximum atomic E-state index is 11.9. The average molecular weight is 306 g/mol. The van der Waals surface area contributed by atoms with Gasteiger partial charge in [-0.1, -0.05) is 20.3 Å². The molecular weight excluding hydrogens is 280 g/mol. The quantitative estimate of drug-likeness (QED) is 0.412. The molecule has 0 spiro atoms. The van der Waals surface area contributed by atoms with Crippen LogP contribution >= 0.6 is 0 Å². The van der Waals surface area contributed by atoms with Crippen LogP contribution in [0.2, 0.25) is 0 Å². The average Bonchev–Trinajstić information content (AvgIpc) is 2.51. The lowest BCUT2D eigenvalue weighted by Crippen LogP contribution is -2.49. The maximum Gasteiger partial charge on any atom is 0.275 e. The van der Waals surface area contributed by atoms with Gasteiger partial charge in [0.15, 0.2) is 6.54 Å². The standard InChI is InChI=1S/C13H26N2O4S/c1-4-5-6-14-13(16)9-15(3)7-11(2)12(8-15)10-20(17,18)19/h11-12H,4-10H2,1-3H3,(H-,14,16,17,18,19). The number of hydrogen-bond acceptors (Lipinski definition) is 4. The van der Waals surface area contributed by atoms with Gasteiger partial charge in [-0.25, -0.2) is 8.42 Å². The molecule has 1 amide bonds. The number of nitrogens with one attached hydrogen (secondary N) is 1. The van der Waals surface area contributed by atoms with Crippen LogP contribution in [-0.4, -0.2) is 62.3 Å². The van der Waals surface area contributed by atoms with Crippen molar-refractivity contribution in [1.29, 1.82) is 0 Å². The van der Waals surface area contributed by atoms with E-state index < -0.39 is 10.1 Å². The summed E-state index contributed by atoms with van der Waals surface area (Å²) in [5.41, 5.74) is 0. The highest BCUT2D eigenvalue weighted by Gasteiger charge is 2.41. The monoisotopic (exact) mass is 306 g/mol. The van der Waals surface area contributed by atoms with Gasteiger partial charge in [0.05, 0.1) is 30.3 Å². The molecule has 0 aromatic carbocycles. The summed E-state index contributed by atoms with van der Waals surface area (Å²) in [5, 5.41) is 2.88. The maximum absolute atomic E-state index is 11.9. The van der Waals surface area contributed by atoms with Crippen LogP contribution in [0.15, 0.2) is 0 Å². The fraction of sp³-hybridized carbons (Fsp3) is 0.923. The number of likely N-dealkylation sites (N-methyl/N-ethyl adjacent to an activating group) is 1. The van der Waals surface area contributed by atoms with Crippen molar-refractivity contribution in [2.45, 2.75) is 26.7 Å². The van der Waals surface area contributed by atoms with Gasteiger partial charge in [-0.2, -0.15) is 0 Å². The summed E-state index contributed by atoms with van der Waals surface area (Å²) < 4.78 is 33.2. The van der Waals surface area contributed by atoms with E-state index in [1.807, 2.05) is 14.0 Å². The zero-order chi connectivity index (χ0) is 15.4. The van der Waals surface area contributed by atoms with Crippen LogP contribution < -0.4 is 5.32 Å². The van der Waals surface area contributed by atoms with Gasteiger partial charge >= 0.3 is 0 Å². The van der Waals surface area contributed by atoms with Crippen LogP contribution in [0.4, 0.5) is 0 Å². The molecule has 7 heteroatoms. The summed E-state index contributed by atoms with van der Waals surface area (Å²) in [4.78, 5) is 11.9. The Morgan fingerprint density at radius 3 is 2.60 bits per heavy atom. The van der Waals surface area contributed by atoms with E-state index >= 15 is 0 Å². The van der Waals surface area contributed by atoms with Crippen LogP contribution in [0, 0.1) is 11.8 Å². The number of likely N-dealkylation sites (tertiary alicyclic amines) is 1. The first kappa shape index (κ1) is 17.4. The van der Waals surface area contributed by atoms with Crippen molar-refractivity contribution in [2.24, 2.45) is 11.8 Å². The molecular formula is C13H26N2O4S. The predicted molar refractivity (Wildman–Crippen MR) is 75.9 cm³/mol. The Morgan fingerprint density at radius 2 is 2.05 bits per heavy atom. The smallest absolute Gasteiger partial charge is 0.275 e. The summed E-state index contributed by atoms with van der Waals surface area (Å²) in [7, 11) is -2.25. The van der Waals surface area contributed by atoms with Gasteiger partial charge in [0, 0.05) is 24.1 Å². The molecule has 1 rings (SSSR count). The molecule has 118 valence electrons. The minimum Gasteiger partial charge on any atom is -0.748 e. The van der Waals surface area contributed by atoms with E-state index in [-0.39, 0.29) is 23.5 Å². The second kappa shape index (κ2) is 6.87. The number of carbonyl (C=O) groups excluding carboxylic acids is 1. The van der Waals surface area contributed by atoms with E-state index in [0.29, 0.717) is 24.1 Å². The van der Waals surface area contributed by atoms with Crippen molar-refractivity contribution in [3.8, 4) is 0 Å². The third-order valence-electron chi connectivity index (χ3n) is 4.00. The third-order valence-corrected chi connectivity index (χ3v) is 4.84. The van der Waals surface area contributed by atoms with Crippen LogP contribution in [0.5, 0.6) is 0 Å². The van der Waals surface area contributed by atoms with Crippen LogP contribution in [0.3, 0.4) is 0 Å². The summed E-state index contributed by atoms with van der Waals surface area (Å²) in [6.45, 7) is 6.36. The molecule has 0 aliphatic carbocycles. The number of amides is 1. The first-order chi connectivity index (χ1) is 9.15. The second-order valence-electron chi connectivity index (χ2n) is 6.31. The number of quaternary nitrogens is 1. The second-order valence-corrected chi connectivity index (χ2v) is 7.76. The molecule has 1 aliphatic rings. The first-order valence-corrected chi connectivity index (χ1v) is 8.77. The Morgan fingerprint density at radius 1 is 1.40 bits per heavy atom. The van der Waals surface area contributed by atoms with E-state index in [1.165, 1.54) is 0 Å². The topological polar surface area (TPSA) is 86.3 Å². The highest BCUT2D eigenvalue weighted by molar-refractivity contribution is 7.85. The van der Waals surface area contributed by atoms with E-state index in [1.54, 1.807) is 0 Å². The zero-order valence-electron chi connectivity index (χ0n) is 12.6. The van der Waals surface area contributed by atoms with Gasteiger partial charge in [-0.3, -0.25) is 4.79 Å². The summed E-state index contributed by atoms with van der Waals surface area (Å²) in [6, 6.07) is 0. The Kier molecular flexibility index (Phi) is 5.97. The molecule has 0 saturated carbocycles. The van der Waals surface area contributed by atoms with Crippen LogP contribution in [-0.2, 0) is 14.9 Å². The van der Waals surface area contributed by atoms with Gasteiger partial charge in [0.1, 0.15) is 0 Å². The molecule has 1 heterocycles. The van der Waals surface area contributed by atoms with Gasteiger partial charge < -0.3 is 14.4 Å². The number of unbranched alkanes of at least 4 members (excludes halogenated alkanes) is 1. The van der Waals surface area contributed by atoms with Crippen LogP contribution in [0.25, 0.3) is 0 Å². The van der Waals surface area contributed by atoms with Crippen molar-refractivity contribution < 1.29 is 22.2 Å². The van der Waals surface area contributed by atoms with E-state index in [0.717, 1.165) is 19.4 Å². The predicted octanol–water partition coefficient (Wildman–Crippen LogP) is 0.160.